The number of pyridine rings is 1. The fourth-order valence-electron chi connectivity index (χ4n) is 2.17. The summed E-state index contributed by atoms with van der Waals surface area (Å²) in [7, 11) is -2.74. The van der Waals surface area contributed by atoms with E-state index in [0.717, 1.165) is 23.9 Å². The minimum Gasteiger partial charge on any atom is -0.344 e. The smallest absolute Gasteiger partial charge is 0.344 e. The van der Waals surface area contributed by atoms with Crippen molar-refractivity contribution < 1.29 is 26.4 Å². The number of hydrogen-bond donors (Lipinski definition) is 1. The monoisotopic (exact) mass is 401 g/mol. The van der Waals surface area contributed by atoms with Crippen molar-refractivity contribution in [3.05, 3.63) is 59.9 Å². The highest BCUT2D eigenvalue weighted by Crippen LogP contribution is 2.30. The quantitative estimate of drug-likeness (QED) is 0.771. The average molecular weight is 401 g/mol. The third kappa shape index (κ3) is 6.04. The van der Waals surface area contributed by atoms with Crippen LogP contribution in [0.1, 0.15) is 11.3 Å². The molecule has 2 rings (SSSR count). The van der Waals surface area contributed by atoms with Gasteiger partial charge in [-0.05, 0) is 30.3 Å². The molecule has 0 unspecified atom stereocenters. The second-order valence-corrected chi connectivity index (χ2v) is 7.50. The second-order valence-electron chi connectivity index (χ2n) is 5.74. The molecule has 1 heterocycles. The highest BCUT2D eigenvalue weighted by Gasteiger charge is 2.31. The van der Waals surface area contributed by atoms with E-state index in [4.69, 9.17) is 0 Å². The van der Waals surface area contributed by atoms with Crippen molar-refractivity contribution >= 4 is 15.9 Å². The molecule has 0 bridgehead atoms. The van der Waals surface area contributed by atoms with Gasteiger partial charge in [0, 0.05) is 31.9 Å². The van der Waals surface area contributed by atoms with Gasteiger partial charge >= 0.3 is 6.18 Å². The van der Waals surface area contributed by atoms with E-state index in [-0.39, 0.29) is 0 Å². The van der Waals surface area contributed by atoms with Crippen LogP contribution in [0.4, 0.5) is 13.2 Å². The van der Waals surface area contributed by atoms with E-state index >= 15 is 0 Å². The summed E-state index contributed by atoms with van der Waals surface area (Å²) in [6.07, 6.45) is -2.54. The van der Waals surface area contributed by atoms with Gasteiger partial charge in [-0.1, -0.05) is 12.1 Å². The summed E-state index contributed by atoms with van der Waals surface area (Å²) in [5.74, 6) is -0.513. The predicted octanol–water partition coefficient (Wildman–Crippen LogP) is 2.08. The molecule has 6 nitrogen and oxygen atoms in total. The average Bonchev–Trinajstić information content (AvgIpc) is 2.64. The van der Waals surface area contributed by atoms with Crippen LogP contribution < -0.4 is 4.72 Å². The molecule has 1 aromatic heterocycles. The van der Waals surface area contributed by atoms with Gasteiger partial charge in [0.2, 0.25) is 15.9 Å². The van der Waals surface area contributed by atoms with Crippen molar-refractivity contribution in [3.63, 3.8) is 0 Å². The standard InChI is InChI=1S/C17H18F3N3O3S/c1-23(10-8-14-6-2-3-9-21-14)16(24)12-22-27(25,26)15-7-4-5-13(11-15)17(18,19)20/h2-7,9,11,22H,8,10,12H2,1H3. The molecule has 0 radical (unpaired) electrons. The molecule has 10 heteroatoms. The number of likely N-dealkylation sites (N-methyl/N-ethyl adjacent to an activating group) is 1. The van der Waals surface area contributed by atoms with Crippen molar-refractivity contribution in [1.29, 1.82) is 0 Å². The van der Waals surface area contributed by atoms with E-state index in [1.807, 2.05) is 10.8 Å². The number of nitrogens with one attached hydrogen (secondary N) is 1. The van der Waals surface area contributed by atoms with E-state index in [1.54, 1.807) is 18.3 Å². The molecule has 0 atom stereocenters. The minimum atomic E-state index is -4.66. The van der Waals surface area contributed by atoms with Crippen LogP contribution in [0.5, 0.6) is 0 Å². The van der Waals surface area contributed by atoms with Gasteiger partial charge in [0.25, 0.3) is 0 Å². The summed E-state index contributed by atoms with van der Waals surface area (Å²) in [4.78, 5) is 17.0. The minimum absolute atomic E-state index is 0.321. The zero-order chi connectivity index (χ0) is 20.1. The molecular weight excluding hydrogens is 383 g/mol. The first-order valence-electron chi connectivity index (χ1n) is 7.90. The van der Waals surface area contributed by atoms with E-state index in [2.05, 4.69) is 4.98 Å². The lowest BCUT2D eigenvalue weighted by atomic mass is 10.2. The van der Waals surface area contributed by atoms with Crippen LogP contribution >= 0.6 is 0 Å². The number of benzene rings is 1. The molecule has 0 aliphatic rings. The number of rotatable bonds is 7. The fourth-order valence-corrected chi connectivity index (χ4v) is 3.19. The first kappa shape index (κ1) is 20.8. The molecule has 1 aromatic carbocycles. The molecule has 0 fully saturated rings. The summed E-state index contributed by atoms with van der Waals surface area (Å²) >= 11 is 0. The number of alkyl halides is 3. The van der Waals surface area contributed by atoms with Gasteiger partial charge < -0.3 is 4.90 Å². The predicted molar refractivity (Wildman–Crippen MR) is 92.2 cm³/mol. The van der Waals surface area contributed by atoms with Crippen molar-refractivity contribution in [3.8, 4) is 0 Å². The Morgan fingerprint density at radius 3 is 2.56 bits per heavy atom. The summed E-state index contributed by atoms with van der Waals surface area (Å²) in [5, 5.41) is 0. The van der Waals surface area contributed by atoms with Crippen LogP contribution in [0.15, 0.2) is 53.6 Å². The van der Waals surface area contributed by atoms with E-state index in [9.17, 15) is 26.4 Å². The molecule has 1 N–H and O–H groups in total. The van der Waals surface area contributed by atoms with Crippen LogP contribution in [0, 0.1) is 0 Å². The first-order chi connectivity index (χ1) is 12.6. The normalized spacial score (nSPS) is 12.0. The molecule has 146 valence electrons. The molecule has 0 saturated heterocycles. The summed E-state index contributed by atoms with van der Waals surface area (Å²) in [6.45, 7) is -0.238. The van der Waals surface area contributed by atoms with Crippen LogP contribution in [-0.2, 0) is 27.4 Å². The lowest BCUT2D eigenvalue weighted by molar-refractivity contribution is -0.137. The maximum absolute atomic E-state index is 12.7. The number of amides is 1. The number of aromatic nitrogens is 1. The van der Waals surface area contributed by atoms with Gasteiger partial charge in [-0.15, -0.1) is 0 Å². The van der Waals surface area contributed by atoms with Gasteiger partial charge in [-0.2, -0.15) is 13.2 Å². The highest BCUT2D eigenvalue weighted by molar-refractivity contribution is 7.89. The molecular formula is C17H18F3N3O3S. The van der Waals surface area contributed by atoms with E-state index < -0.39 is 39.1 Å². The second kappa shape index (κ2) is 8.49. The molecule has 27 heavy (non-hydrogen) atoms. The van der Waals surface area contributed by atoms with Crippen molar-refractivity contribution in [1.82, 2.24) is 14.6 Å². The van der Waals surface area contributed by atoms with Crippen molar-refractivity contribution in [2.24, 2.45) is 0 Å². The van der Waals surface area contributed by atoms with E-state index in [0.29, 0.717) is 19.0 Å². The lowest BCUT2D eigenvalue weighted by Crippen LogP contribution is -2.39. The number of carbonyl (C=O) groups is 1. The van der Waals surface area contributed by atoms with Gasteiger partial charge in [-0.3, -0.25) is 9.78 Å². The zero-order valence-corrected chi connectivity index (χ0v) is 15.2. The molecule has 0 aliphatic carbocycles. The Kier molecular flexibility index (Phi) is 6.55. The Hall–Kier alpha value is -2.46. The molecule has 2 aromatic rings. The molecule has 0 saturated carbocycles. The van der Waals surface area contributed by atoms with E-state index in [1.165, 1.54) is 11.9 Å². The van der Waals surface area contributed by atoms with Crippen molar-refractivity contribution in [2.45, 2.75) is 17.5 Å². The molecule has 0 spiro atoms. The number of nitrogens with zero attached hydrogens (tertiary/aromatic N) is 2. The maximum Gasteiger partial charge on any atom is 0.416 e. The fraction of sp³-hybridized carbons (Fsp3) is 0.294. The number of halogens is 3. The summed E-state index contributed by atoms with van der Waals surface area (Å²) in [5.41, 5.74) is -0.300. The molecule has 0 aliphatic heterocycles. The van der Waals surface area contributed by atoms with Gasteiger partial charge in [0.05, 0.1) is 17.0 Å². The Morgan fingerprint density at radius 2 is 1.93 bits per heavy atom. The largest absolute Gasteiger partial charge is 0.416 e. The number of hydrogen-bond acceptors (Lipinski definition) is 4. The lowest BCUT2D eigenvalue weighted by Gasteiger charge is -2.17. The summed E-state index contributed by atoms with van der Waals surface area (Å²) < 4.78 is 64.5. The van der Waals surface area contributed by atoms with Gasteiger partial charge in [0.1, 0.15) is 0 Å². The Balaban J connectivity index is 1.95. The summed E-state index contributed by atoms with van der Waals surface area (Å²) in [6, 6.07) is 8.71. The van der Waals surface area contributed by atoms with Crippen LogP contribution in [0.25, 0.3) is 0 Å². The van der Waals surface area contributed by atoms with Crippen molar-refractivity contribution in [2.75, 3.05) is 20.1 Å². The maximum atomic E-state index is 12.7. The highest BCUT2D eigenvalue weighted by atomic mass is 32.2. The number of sulfonamides is 1. The van der Waals surface area contributed by atoms with Gasteiger partial charge in [-0.25, -0.2) is 13.1 Å². The van der Waals surface area contributed by atoms with Gasteiger partial charge in [0.15, 0.2) is 0 Å². The van der Waals surface area contributed by atoms with Crippen LogP contribution in [-0.4, -0.2) is 44.3 Å². The van der Waals surface area contributed by atoms with Crippen LogP contribution in [0.3, 0.4) is 0 Å². The first-order valence-corrected chi connectivity index (χ1v) is 9.39. The SMILES string of the molecule is CN(CCc1ccccn1)C(=O)CNS(=O)(=O)c1cccc(C(F)(F)F)c1. The zero-order valence-electron chi connectivity index (χ0n) is 14.4. The Labute approximate surface area is 155 Å². The third-order valence-corrected chi connectivity index (χ3v) is 5.14. The van der Waals surface area contributed by atoms with Crippen LogP contribution in [0.2, 0.25) is 0 Å². The Morgan fingerprint density at radius 1 is 1.19 bits per heavy atom. The molecule has 1 amide bonds. The Bertz CT molecular complexity index is 887. The third-order valence-electron chi connectivity index (χ3n) is 3.74. The topological polar surface area (TPSA) is 79.4 Å². The number of carbonyl (C=O) groups excluding carboxylic acids is 1.